The first-order chi connectivity index (χ1) is 12.9. The summed E-state index contributed by atoms with van der Waals surface area (Å²) in [5, 5.41) is 6.25. The summed E-state index contributed by atoms with van der Waals surface area (Å²) in [5.74, 6) is -0.0723. The van der Waals surface area contributed by atoms with E-state index in [1.807, 2.05) is 7.05 Å². The molecule has 1 aromatic rings. The molecule has 27 heavy (non-hydrogen) atoms. The Morgan fingerprint density at radius 2 is 2.04 bits per heavy atom. The summed E-state index contributed by atoms with van der Waals surface area (Å²) in [7, 11) is -1.55. The lowest BCUT2D eigenvalue weighted by atomic mass is 9.92. The van der Waals surface area contributed by atoms with Gasteiger partial charge in [0.25, 0.3) is 0 Å². The van der Waals surface area contributed by atoms with Crippen LogP contribution in [-0.2, 0) is 14.8 Å². The first-order valence-electron chi connectivity index (χ1n) is 9.69. The van der Waals surface area contributed by atoms with Crippen molar-refractivity contribution in [3.8, 4) is 0 Å². The molecule has 0 unspecified atom stereocenters. The van der Waals surface area contributed by atoms with Gasteiger partial charge in [-0.1, -0.05) is 6.07 Å². The van der Waals surface area contributed by atoms with Gasteiger partial charge in [-0.3, -0.25) is 4.79 Å². The number of rotatable bonds is 4. The third-order valence-corrected chi connectivity index (χ3v) is 7.31. The Morgan fingerprint density at radius 1 is 1.22 bits per heavy atom. The Bertz CT molecular complexity index is 768. The Balaban J connectivity index is 1.71. The zero-order valence-corrected chi connectivity index (χ0v) is 17.0. The van der Waals surface area contributed by atoms with Crippen LogP contribution in [0.1, 0.15) is 26.2 Å². The first-order valence-corrected chi connectivity index (χ1v) is 11.1. The van der Waals surface area contributed by atoms with E-state index in [2.05, 4.69) is 22.5 Å². The Labute approximate surface area is 162 Å². The zero-order valence-electron chi connectivity index (χ0n) is 16.1. The molecule has 7 nitrogen and oxygen atoms in total. The van der Waals surface area contributed by atoms with Gasteiger partial charge < -0.3 is 15.5 Å². The normalized spacial score (nSPS) is 25.7. The molecule has 0 saturated carbocycles. The minimum atomic E-state index is -3.56. The molecule has 2 N–H and O–H groups in total. The van der Waals surface area contributed by atoms with Crippen LogP contribution in [0.3, 0.4) is 0 Å². The fourth-order valence-electron chi connectivity index (χ4n) is 3.76. The van der Waals surface area contributed by atoms with Crippen molar-refractivity contribution in [3.05, 3.63) is 24.3 Å². The molecule has 8 heteroatoms. The van der Waals surface area contributed by atoms with Gasteiger partial charge in [-0.2, -0.15) is 4.31 Å². The molecule has 2 aliphatic heterocycles. The summed E-state index contributed by atoms with van der Waals surface area (Å²) in [5.41, 5.74) is 0.541. The highest BCUT2D eigenvalue weighted by atomic mass is 32.2. The van der Waals surface area contributed by atoms with Crippen molar-refractivity contribution in [1.29, 1.82) is 0 Å². The van der Waals surface area contributed by atoms with Crippen molar-refractivity contribution in [2.24, 2.45) is 5.92 Å². The number of piperidine rings is 1. The number of likely N-dealkylation sites (N-methyl/N-ethyl adjacent to an activating group) is 1. The highest BCUT2D eigenvalue weighted by Crippen LogP contribution is 2.23. The number of anilines is 1. The van der Waals surface area contributed by atoms with E-state index in [0.29, 0.717) is 24.8 Å². The van der Waals surface area contributed by atoms with Gasteiger partial charge in [0.05, 0.1) is 4.90 Å². The van der Waals surface area contributed by atoms with Gasteiger partial charge in [0.15, 0.2) is 0 Å². The second-order valence-electron chi connectivity index (χ2n) is 7.65. The molecule has 2 aliphatic rings. The van der Waals surface area contributed by atoms with Crippen LogP contribution in [0.25, 0.3) is 0 Å². The zero-order chi connectivity index (χ0) is 19.4. The quantitative estimate of drug-likeness (QED) is 0.805. The standard InChI is InChI=1S/C19H30N4O3S/c1-15-13-16(7-8-20-15)19(24)21-17-5-3-6-18(14-17)27(25,26)23-10-4-9-22(2)11-12-23/h3,5-6,14-16,20H,4,7-13H2,1-2H3,(H,21,24)/t15-,16-/m0/s1. The van der Waals surface area contributed by atoms with E-state index >= 15 is 0 Å². The van der Waals surface area contributed by atoms with Gasteiger partial charge in [0.2, 0.25) is 15.9 Å². The number of hydrogen-bond acceptors (Lipinski definition) is 5. The fraction of sp³-hybridized carbons (Fsp3) is 0.632. The van der Waals surface area contributed by atoms with Gasteiger partial charge in [-0.25, -0.2) is 8.42 Å². The summed E-state index contributed by atoms with van der Waals surface area (Å²) in [4.78, 5) is 14.9. The molecule has 0 spiro atoms. The van der Waals surface area contributed by atoms with Crippen molar-refractivity contribution in [3.63, 3.8) is 0 Å². The highest BCUT2D eigenvalue weighted by molar-refractivity contribution is 7.89. The third kappa shape index (κ3) is 5.07. The summed E-state index contributed by atoms with van der Waals surface area (Å²) in [6, 6.07) is 6.94. The number of carbonyl (C=O) groups excluding carboxylic acids is 1. The van der Waals surface area contributed by atoms with E-state index in [4.69, 9.17) is 0 Å². The predicted octanol–water partition coefficient (Wildman–Crippen LogP) is 1.34. The number of sulfonamides is 1. The second-order valence-corrected chi connectivity index (χ2v) is 9.59. The van der Waals surface area contributed by atoms with Crippen molar-refractivity contribution in [2.75, 3.05) is 45.1 Å². The molecular weight excluding hydrogens is 364 g/mol. The van der Waals surface area contributed by atoms with Crippen LogP contribution in [0.4, 0.5) is 5.69 Å². The van der Waals surface area contributed by atoms with E-state index in [1.165, 1.54) is 0 Å². The highest BCUT2D eigenvalue weighted by Gasteiger charge is 2.27. The predicted molar refractivity (Wildman–Crippen MR) is 106 cm³/mol. The maximum Gasteiger partial charge on any atom is 0.243 e. The van der Waals surface area contributed by atoms with Crippen LogP contribution in [0.5, 0.6) is 0 Å². The van der Waals surface area contributed by atoms with Crippen LogP contribution in [0.2, 0.25) is 0 Å². The van der Waals surface area contributed by atoms with Crippen LogP contribution >= 0.6 is 0 Å². The van der Waals surface area contributed by atoms with Gasteiger partial charge in [-0.15, -0.1) is 0 Å². The van der Waals surface area contributed by atoms with Crippen LogP contribution in [0.15, 0.2) is 29.2 Å². The maximum atomic E-state index is 13.0. The van der Waals surface area contributed by atoms with E-state index < -0.39 is 10.0 Å². The van der Waals surface area contributed by atoms with E-state index in [0.717, 1.165) is 38.9 Å². The number of carbonyl (C=O) groups is 1. The lowest BCUT2D eigenvalue weighted by molar-refractivity contribution is -0.120. The molecule has 0 radical (unpaired) electrons. The molecule has 3 rings (SSSR count). The van der Waals surface area contributed by atoms with Crippen molar-refractivity contribution >= 4 is 21.6 Å². The first kappa shape index (κ1) is 20.3. The largest absolute Gasteiger partial charge is 0.326 e. The van der Waals surface area contributed by atoms with E-state index in [9.17, 15) is 13.2 Å². The van der Waals surface area contributed by atoms with Gasteiger partial charge in [0, 0.05) is 37.3 Å². The van der Waals surface area contributed by atoms with Crippen molar-refractivity contribution < 1.29 is 13.2 Å². The minimum absolute atomic E-state index is 0.0331. The monoisotopic (exact) mass is 394 g/mol. The SMILES string of the molecule is C[C@H]1C[C@@H](C(=O)Nc2cccc(S(=O)(=O)N3CCCN(C)CC3)c2)CCN1. The van der Waals surface area contributed by atoms with E-state index in [-0.39, 0.29) is 16.7 Å². The fourth-order valence-corrected chi connectivity index (χ4v) is 5.28. The Morgan fingerprint density at radius 3 is 2.81 bits per heavy atom. The molecular formula is C19H30N4O3S. The lowest BCUT2D eigenvalue weighted by Crippen LogP contribution is -2.40. The number of benzene rings is 1. The van der Waals surface area contributed by atoms with Crippen molar-refractivity contribution in [1.82, 2.24) is 14.5 Å². The molecule has 1 aromatic carbocycles. The molecule has 0 aliphatic carbocycles. The Kier molecular flexibility index (Phi) is 6.52. The molecule has 2 saturated heterocycles. The van der Waals surface area contributed by atoms with E-state index in [1.54, 1.807) is 28.6 Å². The molecule has 2 fully saturated rings. The summed E-state index contributed by atoms with van der Waals surface area (Å²) < 4.78 is 27.6. The van der Waals surface area contributed by atoms with Crippen LogP contribution in [-0.4, -0.2) is 69.3 Å². The summed E-state index contributed by atoms with van der Waals surface area (Å²) >= 11 is 0. The topological polar surface area (TPSA) is 81.8 Å². The minimum Gasteiger partial charge on any atom is -0.326 e. The smallest absolute Gasteiger partial charge is 0.243 e. The molecule has 0 bridgehead atoms. The number of amides is 1. The van der Waals surface area contributed by atoms with Crippen molar-refractivity contribution in [2.45, 2.75) is 37.1 Å². The second kappa shape index (κ2) is 8.68. The summed E-state index contributed by atoms with van der Waals surface area (Å²) in [6.07, 6.45) is 2.42. The number of hydrogen-bond donors (Lipinski definition) is 2. The number of nitrogens with zero attached hydrogens (tertiary/aromatic N) is 2. The number of nitrogens with one attached hydrogen (secondary N) is 2. The molecule has 0 aromatic heterocycles. The summed E-state index contributed by atoms with van der Waals surface area (Å²) in [6.45, 7) is 5.54. The van der Waals surface area contributed by atoms with Gasteiger partial charge in [-0.05, 0) is 64.5 Å². The average molecular weight is 395 g/mol. The molecule has 2 atom stereocenters. The average Bonchev–Trinajstić information content (AvgIpc) is 2.87. The lowest BCUT2D eigenvalue weighted by Gasteiger charge is -2.27. The Hall–Kier alpha value is -1.48. The van der Waals surface area contributed by atoms with Crippen LogP contribution < -0.4 is 10.6 Å². The van der Waals surface area contributed by atoms with Crippen LogP contribution in [0, 0.1) is 5.92 Å². The molecule has 1 amide bonds. The van der Waals surface area contributed by atoms with Gasteiger partial charge >= 0.3 is 0 Å². The maximum absolute atomic E-state index is 13.0. The van der Waals surface area contributed by atoms with Gasteiger partial charge in [0.1, 0.15) is 0 Å². The molecule has 150 valence electrons. The third-order valence-electron chi connectivity index (χ3n) is 5.41. The molecule has 2 heterocycles.